The lowest BCUT2D eigenvalue weighted by atomic mass is 10.1. The van der Waals surface area contributed by atoms with Crippen molar-refractivity contribution in [3.8, 4) is 11.5 Å². The van der Waals surface area contributed by atoms with E-state index in [0.29, 0.717) is 18.7 Å². The number of aryl methyl sites for hydroxylation is 1. The van der Waals surface area contributed by atoms with Crippen LogP contribution in [0.1, 0.15) is 18.9 Å². The van der Waals surface area contributed by atoms with Gasteiger partial charge >= 0.3 is 5.97 Å². The van der Waals surface area contributed by atoms with Gasteiger partial charge in [0.1, 0.15) is 0 Å². The third kappa shape index (κ3) is 2.50. The van der Waals surface area contributed by atoms with Gasteiger partial charge in [-0.25, -0.2) is 0 Å². The fourth-order valence-electron chi connectivity index (χ4n) is 1.87. The molecule has 18 heavy (non-hydrogen) atoms. The molecule has 1 aromatic rings. The van der Waals surface area contributed by atoms with Crippen molar-refractivity contribution in [1.29, 1.82) is 0 Å². The SMILES string of the molecule is CCC(CNc1cc2c(cc1C)OCO2)C(=O)O. The molecule has 0 spiro atoms. The second-order valence-corrected chi connectivity index (χ2v) is 4.34. The number of nitrogens with one attached hydrogen (secondary N) is 1. The number of rotatable bonds is 5. The van der Waals surface area contributed by atoms with Crippen LogP contribution in [0.25, 0.3) is 0 Å². The predicted molar refractivity (Wildman–Crippen MR) is 67.2 cm³/mol. The van der Waals surface area contributed by atoms with Crippen molar-refractivity contribution < 1.29 is 19.4 Å². The lowest BCUT2D eigenvalue weighted by Crippen LogP contribution is -2.22. The van der Waals surface area contributed by atoms with Crippen LogP contribution in [0, 0.1) is 12.8 Å². The number of hydrogen-bond donors (Lipinski definition) is 2. The van der Waals surface area contributed by atoms with E-state index >= 15 is 0 Å². The number of fused-ring (bicyclic) bond motifs is 1. The maximum absolute atomic E-state index is 10.9. The van der Waals surface area contributed by atoms with Crippen molar-refractivity contribution in [3.05, 3.63) is 17.7 Å². The fourth-order valence-corrected chi connectivity index (χ4v) is 1.87. The van der Waals surface area contributed by atoms with E-state index in [0.717, 1.165) is 17.0 Å². The summed E-state index contributed by atoms with van der Waals surface area (Å²) in [4.78, 5) is 10.9. The van der Waals surface area contributed by atoms with Gasteiger partial charge in [-0.05, 0) is 25.0 Å². The van der Waals surface area contributed by atoms with E-state index in [4.69, 9.17) is 14.6 Å². The molecule has 5 nitrogen and oxygen atoms in total. The molecule has 1 heterocycles. The number of anilines is 1. The predicted octanol–water partition coefficient (Wildman–Crippen LogP) is 2.25. The third-order valence-electron chi connectivity index (χ3n) is 3.10. The highest BCUT2D eigenvalue weighted by molar-refractivity contribution is 5.71. The van der Waals surface area contributed by atoms with Crippen LogP contribution in [0.15, 0.2) is 12.1 Å². The number of carboxylic acid groups (broad SMARTS) is 1. The molecule has 1 atom stereocenters. The van der Waals surface area contributed by atoms with E-state index in [9.17, 15) is 4.79 Å². The Kier molecular flexibility index (Phi) is 3.60. The molecule has 1 unspecified atom stereocenters. The first-order valence-electron chi connectivity index (χ1n) is 5.98. The zero-order valence-corrected chi connectivity index (χ0v) is 10.5. The van der Waals surface area contributed by atoms with Gasteiger partial charge in [0.05, 0.1) is 5.92 Å². The Labute approximate surface area is 106 Å². The highest BCUT2D eigenvalue weighted by Crippen LogP contribution is 2.36. The normalized spacial score (nSPS) is 14.3. The fraction of sp³-hybridized carbons (Fsp3) is 0.462. The van der Waals surface area contributed by atoms with Crippen molar-refractivity contribution in [1.82, 2.24) is 0 Å². The van der Waals surface area contributed by atoms with E-state index in [2.05, 4.69) is 5.32 Å². The molecule has 2 rings (SSSR count). The van der Waals surface area contributed by atoms with Crippen molar-refractivity contribution >= 4 is 11.7 Å². The smallest absolute Gasteiger partial charge is 0.308 e. The molecule has 1 aromatic carbocycles. The summed E-state index contributed by atoms with van der Waals surface area (Å²) in [6, 6.07) is 3.75. The second-order valence-electron chi connectivity index (χ2n) is 4.34. The molecule has 5 heteroatoms. The molecule has 0 aliphatic carbocycles. The van der Waals surface area contributed by atoms with Crippen LogP contribution in [-0.4, -0.2) is 24.4 Å². The van der Waals surface area contributed by atoms with Gasteiger partial charge in [0.2, 0.25) is 6.79 Å². The van der Waals surface area contributed by atoms with Crippen LogP contribution in [0.3, 0.4) is 0 Å². The molecule has 0 aromatic heterocycles. The minimum Gasteiger partial charge on any atom is -0.481 e. The van der Waals surface area contributed by atoms with Gasteiger partial charge in [-0.2, -0.15) is 0 Å². The van der Waals surface area contributed by atoms with Gasteiger partial charge < -0.3 is 19.9 Å². The third-order valence-corrected chi connectivity index (χ3v) is 3.10. The van der Waals surface area contributed by atoms with Gasteiger partial charge in [0, 0.05) is 18.3 Å². The van der Waals surface area contributed by atoms with Crippen molar-refractivity contribution in [2.24, 2.45) is 5.92 Å². The Morgan fingerprint density at radius 3 is 2.72 bits per heavy atom. The van der Waals surface area contributed by atoms with Crippen LogP contribution in [-0.2, 0) is 4.79 Å². The first-order chi connectivity index (χ1) is 8.61. The van der Waals surface area contributed by atoms with E-state index < -0.39 is 5.97 Å². The molecular weight excluding hydrogens is 234 g/mol. The van der Waals surface area contributed by atoms with Crippen LogP contribution < -0.4 is 14.8 Å². The number of ether oxygens (including phenoxy) is 2. The van der Waals surface area contributed by atoms with Crippen LogP contribution in [0.2, 0.25) is 0 Å². The zero-order chi connectivity index (χ0) is 13.1. The topological polar surface area (TPSA) is 67.8 Å². The highest BCUT2D eigenvalue weighted by Gasteiger charge is 2.18. The Morgan fingerprint density at radius 1 is 1.44 bits per heavy atom. The molecule has 0 amide bonds. The van der Waals surface area contributed by atoms with Gasteiger partial charge in [0.15, 0.2) is 11.5 Å². The van der Waals surface area contributed by atoms with Crippen LogP contribution >= 0.6 is 0 Å². The summed E-state index contributed by atoms with van der Waals surface area (Å²) in [6.07, 6.45) is 0.603. The average Bonchev–Trinajstić information content (AvgIpc) is 2.76. The second kappa shape index (κ2) is 5.16. The Morgan fingerprint density at radius 2 is 2.11 bits per heavy atom. The monoisotopic (exact) mass is 251 g/mol. The van der Waals surface area contributed by atoms with E-state index in [1.165, 1.54) is 0 Å². The van der Waals surface area contributed by atoms with Gasteiger partial charge in [-0.15, -0.1) is 0 Å². The number of benzene rings is 1. The summed E-state index contributed by atoms with van der Waals surface area (Å²) in [5.74, 6) is 0.285. The summed E-state index contributed by atoms with van der Waals surface area (Å²) in [7, 11) is 0. The van der Waals surface area contributed by atoms with Crippen molar-refractivity contribution in [2.45, 2.75) is 20.3 Å². The van der Waals surface area contributed by atoms with Crippen LogP contribution in [0.4, 0.5) is 5.69 Å². The van der Waals surface area contributed by atoms with E-state index in [1.807, 2.05) is 26.0 Å². The molecular formula is C13H17NO4. The molecule has 1 aliphatic heterocycles. The van der Waals surface area contributed by atoms with Gasteiger partial charge in [-0.3, -0.25) is 4.79 Å². The van der Waals surface area contributed by atoms with Gasteiger partial charge in [-0.1, -0.05) is 6.92 Å². The average molecular weight is 251 g/mol. The molecule has 0 saturated carbocycles. The maximum atomic E-state index is 10.9. The summed E-state index contributed by atoms with van der Waals surface area (Å²) in [6.45, 7) is 4.47. The molecule has 2 N–H and O–H groups in total. The molecule has 0 bridgehead atoms. The maximum Gasteiger partial charge on any atom is 0.308 e. The minimum atomic E-state index is -0.775. The number of hydrogen-bond acceptors (Lipinski definition) is 4. The van der Waals surface area contributed by atoms with Gasteiger partial charge in [0.25, 0.3) is 0 Å². The first kappa shape index (κ1) is 12.5. The highest BCUT2D eigenvalue weighted by atomic mass is 16.7. The molecule has 0 radical (unpaired) electrons. The lowest BCUT2D eigenvalue weighted by molar-refractivity contribution is -0.141. The first-order valence-corrected chi connectivity index (χ1v) is 5.98. The largest absolute Gasteiger partial charge is 0.481 e. The number of carbonyl (C=O) groups is 1. The van der Waals surface area contributed by atoms with Crippen molar-refractivity contribution in [3.63, 3.8) is 0 Å². The van der Waals surface area contributed by atoms with Crippen molar-refractivity contribution in [2.75, 3.05) is 18.7 Å². The molecule has 0 fully saturated rings. The lowest BCUT2D eigenvalue weighted by Gasteiger charge is -2.14. The minimum absolute atomic E-state index is 0.241. The molecule has 1 aliphatic rings. The molecule has 0 saturated heterocycles. The van der Waals surface area contributed by atoms with E-state index in [1.54, 1.807) is 0 Å². The summed E-state index contributed by atoms with van der Waals surface area (Å²) in [5.41, 5.74) is 1.90. The summed E-state index contributed by atoms with van der Waals surface area (Å²) < 4.78 is 10.6. The Bertz CT molecular complexity index is 459. The number of carboxylic acids is 1. The summed E-state index contributed by atoms with van der Waals surface area (Å²) in [5, 5.41) is 12.1. The standard InChI is InChI=1S/C13H17NO4/c1-3-9(13(15)16)6-14-10-5-12-11(4-8(10)2)17-7-18-12/h4-5,9,14H,3,6-7H2,1-2H3,(H,15,16). The number of aliphatic carboxylic acids is 1. The Hall–Kier alpha value is -1.91. The quantitative estimate of drug-likeness (QED) is 0.840. The van der Waals surface area contributed by atoms with Crippen LogP contribution in [0.5, 0.6) is 11.5 Å². The molecule has 98 valence electrons. The Balaban J connectivity index is 2.08. The zero-order valence-electron chi connectivity index (χ0n) is 10.5. The van der Waals surface area contributed by atoms with E-state index in [-0.39, 0.29) is 12.7 Å². The summed E-state index contributed by atoms with van der Waals surface area (Å²) >= 11 is 0.